The van der Waals surface area contributed by atoms with Crippen LogP contribution in [0.4, 0.5) is 5.13 Å². The molecule has 2 heterocycles. The molecular formula is C14H18N4OS. The number of hydrogen-bond donors (Lipinski definition) is 1. The van der Waals surface area contributed by atoms with Crippen LogP contribution in [0.25, 0.3) is 0 Å². The molecule has 1 N–H and O–H groups in total. The average molecular weight is 290 g/mol. The van der Waals surface area contributed by atoms with Gasteiger partial charge in [-0.15, -0.1) is 10.2 Å². The topological polar surface area (TPSA) is 67.8 Å². The van der Waals surface area contributed by atoms with E-state index in [1.807, 2.05) is 12.1 Å². The average Bonchev–Trinajstić information content (AvgIpc) is 2.84. The van der Waals surface area contributed by atoms with Crippen molar-refractivity contribution < 1.29 is 4.79 Å². The molecule has 0 fully saturated rings. The number of carbonyl (C=O) groups is 1. The van der Waals surface area contributed by atoms with Gasteiger partial charge in [0.05, 0.1) is 0 Å². The minimum atomic E-state index is -0.0406. The molecule has 0 spiro atoms. The van der Waals surface area contributed by atoms with E-state index in [-0.39, 0.29) is 5.91 Å². The van der Waals surface area contributed by atoms with E-state index in [1.165, 1.54) is 11.3 Å². The highest BCUT2D eigenvalue weighted by atomic mass is 32.1. The summed E-state index contributed by atoms with van der Waals surface area (Å²) < 4.78 is 0. The highest BCUT2D eigenvalue weighted by molar-refractivity contribution is 7.15. The molecule has 2 rings (SSSR count). The number of aromatic nitrogens is 3. The number of rotatable bonds is 6. The van der Waals surface area contributed by atoms with Gasteiger partial charge in [0, 0.05) is 25.2 Å². The molecule has 0 aromatic carbocycles. The first-order valence-corrected chi connectivity index (χ1v) is 7.46. The van der Waals surface area contributed by atoms with Gasteiger partial charge in [-0.05, 0) is 24.0 Å². The zero-order chi connectivity index (χ0) is 14.4. The quantitative estimate of drug-likeness (QED) is 0.888. The van der Waals surface area contributed by atoms with E-state index in [1.54, 1.807) is 12.4 Å². The fourth-order valence-corrected chi connectivity index (χ4v) is 2.69. The van der Waals surface area contributed by atoms with Crippen molar-refractivity contribution in [1.82, 2.24) is 15.2 Å². The lowest BCUT2D eigenvalue weighted by molar-refractivity contribution is -0.116. The normalized spacial score (nSPS) is 10.8. The Kier molecular flexibility index (Phi) is 5.17. The van der Waals surface area contributed by atoms with Crippen LogP contribution in [-0.4, -0.2) is 21.1 Å². The molecule has 1 amide bonds. The summed E-state index contributed by atoms with van der Waals surface area (Å²) in [5.74, 6) is 0.498. The van der Waals surface area contributed by atoms with Crippen LogP contribution in [0.15, 0.2) is 24.5 Å². The lowest BCUT2D eigenvalue weighted by atomic mass is 10.1. The van der Waals surface area contributed by atoms with Gasteiger partial charge in [-0.2, -0.15) is 0 Å². The van der Waals surface area contributed by atoms with Gasteiger partial charge < -0.3 is 5.32 Å². The van der Waals surface area contributed by atoms with Crippen LogP contribution in [0.5, 0.6) is 0 Å². The van der Waals surface area contributed by atoms with Crippen LogP contribution < -0.4 is 5.32 Å². The van der Waals surface area contributed by atoms with Gasteiger partial charge in [0.15, 0.2) is 0 Å². The van der Waals surface area contributed by atoms with Crippen LogP contribution in [0.3, 0.4) is 0 Å². The van der Waals surface area contributed by atoms with Gasteiger partial charge in [-0.25, -0.2) is 0 Å². The molecule has 0 saturated heterocycles. The maximum absolute atomic E-state index is 11.8. The van der Waals surface area contributed by atoms with Crippen molar-refractivity contribution in [2.24, 2.45) is 5.92 Å². The van der Waals surface area contributed by atoms with Gasteiger partial charge in [0.2, 0.25) is 11.0 Å². The molecule has 0 saturated carbocycles. The number of nitrogens with one attached hydrogen (secondary N) is 1. The molecule has 0 unspecified atom stereocenters. The molecule has 0 aliphatic rings. The third kappa shape index (κ3) is 4.70. The van der Waals surface area contributed by atoms with Gasteiger partial charge in [0.1, 0.15) is 5.01 Å². The zero-order valence-electron chi connectivity index (χ0n) is 11.7. The van der Waals surface area contributed by atoms with E-state index in [9.17, 15) is 4.79 Å². The van der Waals surface area contributed by atoms with Gasteiger partial charge in [0.25, 0.3) is 0 Å². The minimum absolute atomic E-state index is 0.0406. The molecule has 106 valence electrons. The predicted molar refractivity (Wildman–Crippen MR) is 79.6 cm³/mol. The second kappa shape index (κ2) is 7.09. The summed E-state index contributed by atoms with van der Waals surface area (Å²) in [6, 6.07) is 3.84. The highest BCUT2D eigenvalue weighted by Crippen LogP contribution is 2.18. The molecule has 20 heavy (non-hydrogen) atoms. The maximum atomic E-state index is 11.8. The van der Waals surface area contributed by atoms with E-state index < -0.39 is 0 Å². The fourth-order valence-electron chi connectivity index (χ4n) is 1.72. The SMILES string of the molecule is CC(C)Cc1nnc(NC(=O)CCc2cccnc2)s1. The lowest BCUT2D eigenvalue weighted by Gasteiger charge is -2.01. The number of nitrogens with zero attached hydrogens (tertiary/aromatic N) is 3. The molecular weight excluding hydrogens is 272 g/mol. The predicted octanol–water partition coefficient (Wildman–Crippen LogP) is 2.70. The summed E-state index contributed by atoms with van der Waals surface area (Å²) >= 11 is 1.44. The smallest absolute Gasteiger partial charge is 0.226 e. The van der Waals surface area contributed by atoms with Crippen LogP contribution in [0.1, 0.15) is 30.8 Å². The Balaban J connectivity index is 1.81. The molecule has 0 radical (unpaired) electrons. The van der Waals surface area contributed by atoms with Crippen LogP contribution in [0.2, 0.25) is 0 Å². The maximum Gasteiger partial charge on any atom is 0.226 e. The minimum Gasteiger partial charge on any atom is -0.301 e. The summed E-state index contributed by atoms with van der Waals surface area (Å²) in [7, 11) is 0. The second-order valence-electron chi connectivity index (χ2n) is 5.01. The Bertz CT molecular complexity index is 553. The number of carbonyl (C=O) groups excluding carboxylic acids is 1. The Morgan fingerprint density at radius 1 is 1.40 bits per heavy atom. The number of pyridine rings is 1. The third-order valence-electron chi connectivity index (χ3n) is 2.66. The van der Waals surface area contributed by atoms with Crippen molar-refractivity contribution in [2.45, 2.75) is 33.1 Å². The summed E-state index contributed by atoms with van der Waals surface area (Å²) in [6.07, 6.45) is 5.49. The van der Waals surface area contributed by atoms with E-state index in [4.69, 9.17) is 0 Å². The molecule has 6 heteroatoms. The fraction of sp³-hybridized carbons (Fsp3) is 0.429. The van der Waals surface area contributed by atoms with Crippen molar-refractivity contribution in [3.8, 4) is 0 Å². The van der Waals surface area contributed by atoms with Crippen molar-refractivity contribution in [1.29, 1.82) is 0 Å². The largest absolute Gasteiger partial charge is 0.301 e. The van der Waals surface area contributed by atoms with Crippen LogP contribution in [-0.2, 0) is 17.6 Å². The first kappa shape index (κ1) is 14.6. The Morgan fingerprint density at radius 3 is 2.95 bits per heavy atom. The van der Waals surface area contributed by atoms with Gasteiger partial charge >= 0.3 is 0 Å². The standard InChI is InChI=1S/C14H18N4OS/c1-10(2)8-13-17-18-14(20-13)16-12(19)6-5-11-4-3-7-15-9-11/h3-4,7,9-10H,5-6,8H2,1-2H3,(H,16,18,19). The zero-order valence-corrected chi connectivity index (χ0v) is 12.5. The molecule has 0 bridgehead atoms. The monoisotopic (exact) mass is 290 g/mol. The first-order valence-electron chi connectivity index (χ1n) is 6.64. The lowest BCUT2D eigenvalue weighted by Crippen LogP contribution is -2.12. The Morgan fingerprint density at radius 2 is 2.25 bits per heavy atom. The van der Waals surface area contributed by atoms with E-state index in [0.717, 1.165) is 17.0 Å². The number of amides is 1. The summed E-state index contributed by atoms with van der Waals surface area (Å²) in [4.78, 5) is 15.9. The molecule has 0 aliphatic carbocycles. The molecule has 2 aromatic rings. The Hall–Kier alpha value is -1.82. The number of anilines is 1. The molecule has 2 aromatic heterocycles. The molecule has 0 aliphatic heterocycles. The van der Waals surface area contributed by atoms with E-state index >= 15 is 0 Å². The summed E-state index contributed by atoms with van der Waals surface area (Å²) in [6.45, 7) is 4.26. The van der Waals surface area contributed by atoms with Crippen LogP contribution >= 0.6 is 11.3 Å². The van der Waals surface area contributed by atoms with Crippen LogP contribution in [0, 0.1) is 5.92 Å². The van der Waals surface area contributed by atoms with Gasteiger partial charge in [-0.3, -0.25) is 9.78 Å². The second-order valence-corrected chi connectivity index (χ2v) is 6.07. The van der Waals surface area contributed by atoms with Crippen molar-refractivity contribution >= 4 is 22.4 Å². The highest BCUT2D eigenvalue weighted by Gasteiger charge is 2.09. The Labute approximate surface area is 122 Å². The van der Waals surface area contributed by atoms with Gasteiger partial charge in [-0.1, -0.05) is 31.3 Å². The van der Waals surface area contributed by atoms with E-state index in [0.29, 0.717) is 23.9 Å². The first-order chi connectivity index (χ1) is 9.63. The molecule has 0 atom stereocenters. The van der Waals surface area contributed by atoms with E-state index in [2.05, 4.69) is 34.3 Å². The third-order valence-corrected chi connectivity index (χ3v) is 3.52. The number of aryl methyl sites for hydroxylation is 1. The van der Waals surface area contributed by atoms with Crippen molar-refractivity contribution in [3.63, 3.8) is 0 Å². The molecule has 5 nitrogen and oxygen atoms in total. The van der Waals surface area contributed by atoms with Crippen molar-refractivity contribution in [2.75, 3.05) is 5.32 Å². The number of hydrogen-bond acceptors (Lipinski definition) is 5. The van der Waals surface area contributed by atoms with Crippen molar-refractivity contribution in [3.05, 3.63) is 35.1 Å². The summed E-state index contributed by atoms with van der Waals surface area (Å²) in [5.41, 5.74) is 1.06. The summed E-state index contributed by atoms with van der Waals surface area (Å²) in [5, 5.41) is 12.4.